The number of halogens is 3. The van der Waals surface area contributed by atoms with Crippen molar-refractivity contribution < 1.29 is 17.6 Å². The zero-order chi connectivity index (χ0) is 11.5. The van der Waals surface area contributed by atoms with Gasteiger partial charge in [0.15, 0.2) is 0 Å². The Morgan fingerprint density at radius 1 is 1.33 bits per heavy atom. The van der Waals surface area contributed by atoms with Crippen molar-refractivity contribution in [2.24, 2.45) is 0 Å². The van der Waals surface area contributed by atoms with E-state index < -0.39 is 12.6 Å². The van der Waals surface area contributed by atoms with E-state index in [2.05, 4.69) is 10.3 Å². The van der Waals surface area contributed by atoms with Crippen LogP contribution < -0.4 is 5.32 Å². The highest BCUT2D eigenvalue weighted by Crippen LogP contribution is 2.18. The fourth-order valence-electron chi connectivity index (χ4n) is 1.04. The molecule has 0 aliphatic carbocycles. The highest BCUT2D eigenvalue weighted by atomic mass is 19.4. The minimum Gasteiger partial charge on any atom is -0.444 e. The van der Waals surface area contributed by atoms with Crippen molar-refractivity contribution in [2.75, 3.05) is 6.54 Å². The molecular weight excluding hydrogens is 209 g/mol. The van der Waals surface area contributed by atoms with E-state index in [9.17, 15) is 13.2 Å². The van der Waals surface area contributed by atoms with E-state index in [-0.39, 0.29) is 13.1 Å². The van der Waals surface area contributed by atoms with Gasteiger partial charge in [0.25, 0.3) is 0 Å². The zero-order valence-corrected chi connectivity index (χ0v) is 8.61. The quantitative estimate of drug-likeness (QED) is 0.794. The molecule has 1 rings (SSSR count). The molecule has 0 aliphatic rings. The summed E-state index contributed by atoms with van der Waals surface area (Å²) >= 11 is 0. The fraction of sp³-hybridized carbons (Fsp3) is 0.667. The molecule has 0 aliphatic heterocycles. The maximum Gasteiger partial charge on any atom is 0.390 e. The molecule has 0 atom stereocenters. The van der Waals surface area contributed by atoms with Gasteiger partial charge in [-0.25, -0.2) is 4.98 Å². The molecule has 1 N–H and O–H groups in total. The molecule has 0 amide bonds. The lowest BCUT2D eigenvalue weighted by atomic mass is 10.4. The van der Waals surface area contributed by atoms with Crippen molar-refractivity contribution in [3.63, 3.8) is 0 Å². The average Bonchev–Trinajstić information content (AvgIpc) is 2.39. The number of rotatable bonds is 4. The van der Waals surface area contributed by atoms with E-state index in [0.29, 0.717) is 11.7 Å². The number of hydrogen-bond acceptors (Lipinski definition) is 3. The molecule has 6 heteroatoms. The van der Waals surface area contributed by atoms with Crippen LogP contribution in [-0.2, 0) is 6.54 Å². The van der Waals surface area contributed by atoms with Crippen molar-refractivity contribution in [2.45, 2.75) is 33.0 Å². The third-order valence-electron chi connectivity index (χ3n) is 1.93. The smallest absolute Gasteiger partial charge is 0.390 e. The molecule has 86 valence electrons. The molecule has 1 heterocycles. The van der Waals surface area contributed by atoms with Gasteiger partial charge in [0, 0.05) is 6.54 Å². The third kappa shape index (κ3) is 4.33. The Bertz CT molecular complexity index is 300. The van der Waals surface area contributed by atoms with Crippen LogP contribution in [0.1, 0.15) is 23.8 Å². The van der Waals surface area contributed by atoms with Gasteiger partial charge in [0.2, 0.25) is 5.89 Å². The first-order valence-electron chi connectivity index (χ1n) is 4.59. The SMILES string of the molecule is Cc1nc(CNCCC(F)(F)F)oc1C. The van der Waals surface area contributed by atoms with Crippen LogP contribution in [0.25, 0.3) is 0 Å². The highest BCUT2D eigenvalue weighted by Gasteiger charge is 2.25. The number of nitrogens with one attached hydrogen (secondary N) is 1. The van der Waals surface area contributed by atoms with E-state index in [0.717, 1.165) is 5.69 Å². The van der Waals surface area contributed by atoms with Gasteiger partial charge in [-0.2, -0.15) is 13.2 Å². The number of oxazole rings is 1. The number of aryl methyl sites for hydroxylation is 2. The third-order valence-corrected chi connectivity index (χ3v) is 1.93. The molecule has 0 spiro atoms. The van der Waals surface area contributed by atoms with Crippen LogP contribution in [0.2, 0.25) is 0 Å². The van der Waals surface area contributed by atoms with Gasteiger partial charge in [-0.3, -0.25) is 0 Å². The standard InChI is InChI=1S/C9H13F3N2O/c1-6-7(2)15-8(14-6)5-13-4-3-9(10,11)12/h13H,3-5H2,1-2H3. The predicted octanol–water partition coefficient (Wildman–Crippen LogP) is 2.33. The normalized spacial score (nSPS) is 12.1. The minimum atomic E-state index is -4.12. The molecule has 15 heavy (non-hydrogen) atoms. The van der Waals surface area contributed by atoms with Gasteiger partial charge in [0.1, 0.15) is 5.76 Å². The summed E-state index contributed by atoms with van der Waals surface area (Å²) in [7, 11) is 0. The van der Waals surface area contributed by atoms with Crippen LogP contribution in [0.4, 0.5) is 13.2 Å². The Hall–Kier alpha value is -1.04. The van der Waals surface area contributed by atoms with Crippen LogP contribution in [0.15, 0.2) is 4.42 Å². The average molecular weight is 222 g/mol. The highest BCUT2D eigenvalue weighted by molar-refractivity contribution is 5.04. The molecule has 3 nitrogen and oxygen atoms in total. The van der Waals surface area contributed by atoms with Crippen LogP contribution in [0, 0.1) is 13.8 Å². The van der Waals surface area contributed by atoms with Gasteiger partial charge in [0.05, 0.1) is 18.7 Å². The van der Waals surface area contributed by atoms with Crippen molar-refractivity contribution >= 4 is 0 Å². The van der Waals surface area contributed by atoms with Crippen LogP contribution in [0.5, 0.6) is 0 Å². The maximum atomic E-state index is 11.8. The fourth-order valence-corrected chi connectivity index (χ4v) is 1.04. The first-order chi connectivity index (χ1) is 6.88. The Labute approximate surface area is 85.7 Å². The molecule has 1 aromatic rings. The monoisotopic (exact) mass is 222 g/mol. The topological polar surface area (TPSA) is 38.1 Å². The first kappa shape index (κ1) is 12.0. The summed E-state index contributed by atoms with van der Waals surface area (Å²) < 4.78 is 40.5. The van der Waals surface area contributed by atoms with E-state index >= 15 is 0 Å². The zero-order valence-electron chi connectivity index (χ0n) is 8.61. The molecule has 0 saturated heterocycles. The second kappa shape index (κ2) is 4.65. The molecule has 0 bridgehead atoms. The maximum absolute atomic E-state index is 11.8. The summed E-state index contributed by atoms with van der Waals surface area (Å²) in [5.74, 6) is 1.12. The number of hydrogen-bond donors (Lipinski definition) is 1. The second-order valence-corrected chi connectivity index (χ2v) is 3.29. The van der Waals surface area contributed by atoms with Crippen LogP contribution >= 0.6 is 0 Å². The lowest BCUT2D eigenvalue weighted by Crippen LogP contribution is -2.21. The van der Waals surface area contributed by atoms with Gasteiger partial charge in [-0.15, -0.1) is 0 Å². The number of alkyl halides is 3. The van der Waals surface area contributed by atoms with E-state index in [1.54, 1.807) is 13.8 Å². The Balaban J connectivity index is 2.26. The lowest BCUT2D eigenvalue weighted by molar-refractivity contribution is -0.133. The molecule has 1 aromatic heterocycles. The lowest BCUT2D eigenvalue weighted by Gasteiger charge is -2.05. The Kier molecular flexibility index (Phi) is 3.73. The van der Waals surface area contributed by atoms with Crippen molar-refractivity contribution in [3.05, 3.63) is 17.3 Å². The molecule has 0 radical (unpaired) electrons. The summed E-state index contributed by atoms with van der Waals surface area (Å²) in [5.41, 5.74) is 0.766. The van der Waals surface area contributed by atoms with Crippen molar-refractivity contribution in [1.82, 2.24) is 10.3 Å². The molecular formula is C9H13F3N2O. The van der Waals surface area contributed by atoms with Crippen molar-refractivity contribution in [3.8, 4) is 0 Å². The largest absolute Gasteiger partial charge is 0.444 e. The summed E-state index contributed by atoms with van der Waals surface area (Å²) in [4.78, 5) is 4.03. The van der Waals surface area contributed by atoms with E-state index in [1.165, 1.54) is 0 Å². The summed E-state index contributed by atoms with van der Waals surface area (Å²) in [6.45, 7) is 3.66. The summed E-state index contributed by atoms with van der Waals surface area (Å²) in [6, 6.07) is 0. The molecule has 0 saturated carbocycles. The van der Waals surface area contributed by atoms with Gasteiger partial charge in [-0.1, -0.05) is 0 Å². The van der Waals surface area contributed by atoms with Gasteiger partial charge >= 0.3 is 6.18 Å². The molecule has 0 unspecified atom stereocenters. The second-order valence-electron chi connectivity index (χ2n) is 3.29. The van der Waals surface area contributed by atoms with Gasteiger partial charge < -0.3 is 9.73 Å². The van der Waals surface area contributed by atoms with Gasteiger partial charge in [-0.05, 0) is 13.8 Å². The predicted molar refractivity (Wildman–Crippen MR) is 48.4 cm³/mol. The number of nitrogens with zero attached hydrogens (tertiary/aromatic N) is 1. The van der Waals surface area contributed by atoms with Crippen LogP contribution in [0.3, 0.4) is 0 Å². The van der Waals surface area contributed by atoms with Crippen LogP contribution in [-0.4, -0.2) is 17.7 Å². The first-order valence-corrected chi connectivity index (χ1v) is 4.59. The van der Waals surface area contributed by atoms with Crippen molar-refractivity contribution in [1.29, 1.82) is 0 Å². The Morgan fingerprint density at radius 3 is 2.47 bits per heavy atom. The number of aromatic nitrogens is 1. The molecule has 0 fully saturated rings. The Morgan fingerprint density at radius 2 is 2.00 bits per heavy atom. The molecule has 0 aromatic carbocycles. The summed E-state index contributed by atoms with van der Waals surface area (Å²) in [5, 5.41) is 2.62. The van der Waals surface area contributed by atoms with E-state index in [4.69, 9.17) is 4.42 Å². The summed E-state index contributed by atoms with van der Waals surface area (Å²) in [6.07, 6.45) is -4.96. The van der Waals surface area contributed by atoms with E-state index in [1.807, 2.05) is 0 Å². The minimum absolute atomic E-state index is 0.121.